The van der Waals surface area contributed by atoms with Crippen LogP contribution in [0.25, 0.3) is 10.8 Å². The topological polar surface area (TPSA) is 72.5 Å². The van der Waals surface area contributed by atoms with Crippen LogP contribution in [0.4, 0.5) is 0 Å². The van der Waals surface area contributed by atoms with Gasteiger partial charge in [0, 0.05) is 6.04 Å². The average molecular weight is 412 g/mol. The summed E-state index contributed by atoms with van der Waals surface area (Å²) in [5, 5.41) is 4.83. The van der Waals surface area contributed by atoms with Crippen molar-refractivity contribution < 1.29 is 17.9 Å². The number of fused-ring (bicyclic) bond motifs is 1. The van der Waals surface area contributed by atoms with Crippen molar-refractivity contribution in [2.24, 2.45) is 0 Å². The van der Waals surface area contributed by atoms with E-state index in [-0.39, 0.29) is 23.5 Å². The molecule has 24 heavy (non-hydrogen) atoms. The molecule has 1 aliphatic rings. The predicted molar refractivity (Wildman–Crippen MR) is 96.9 cm³/mol. The Morgan fingerprint density at radius 3 is 2.75 bits per heavy atom. The molecule has 2 aromatic carbocycles. The Morgan fingerprint density at radius 2 is 2.04 bits per heavy atom. The normalized spacial score (nSPS) is 20.7. The summed E-state index contributed by atoms with van der Waals surface area (Å²) in [6.45, 7) is 1.65. The van der Waals surface area contributed by atoms with E-state index in [0.29, 0.717) is 12.2 Å². The fourth-order valence-corrected chi connectivity index (χ4v) is 5.04. The predicted octanol–water partition coefficient (Wildman–Crippen LogP) is 2.67. The maximum absolute atomic E-state index is 12.2. The molecule has 0 spiro atoms. The fraction of sp³-hybridized carbons (Fsp3) is 0.353. The van der Waals surface area contributed by atoms with Crippen molar-refractivity contribution in [1.29, 1.82) is 0 Å². The molecule has 0 aromatic heterocycles. The third-order valence-corrected chi connectivity index (χ3v) is 6.67. The van der Waals surface area contributed by atoms with Crippen LogP contribution in [-0.4, -0.2) is 38.0 Å². The highest BCUT2D eigenvalue weighted by Crippen LogP contribution is 2.33. The van der Waals surface area contributed by atoms with E-state index in [1.807, 2.05) is 36.4 Å². The molecule has 1 N–H and O–H groups in total. The molecule has 1 saturated heterocycles. The van der Waals surface area contributed by atoms with Crippen molar-refractivity contribution in [2.75, 3.05) is 11.5 Å². The Morgan fingerprint density at radius 1 is 1.29 bits per heavy atom. The first-order chi connectivity index (χ1) is 11.4. The van der Waals surface area contributed by atoms with E-state index in [2.05, 4.69) is 21.2 Å². The highest BCUT2D eigenvalue weighted by Gasteiger charge is 2.30. The van der Waals surface area contributed by atoms with Crippen LogP contribution < -0.4 is 10.1 Å². The fourth-order valence-electron chi connectivity index (χ4n) is 2.78. The number of amides is 1. The number of halogens is 1. The number of nitrogens with one attached hydrogen (secondary N) is 1. The van der Waals surface area contributed by atoms with E-state index in [9.17, 15) is 13.2 Å². The number of sulfone groups is 1. The lowest BCUT2D eigenvalue weighted by molar-refractivity contribution is -0.127. The van der Waals surface area contributed by atoms with E-state index < -0.39 is 15.9 Å². The molecule has 0 saturated carbocycles. The maximum Gasteiger partial charge on any atom is 0.261 e. The summed E-state index contributed by atoms with van der Waals surface area (Å²) in [5.74, 6) is 0.404. The second-order valence-corrected chi connectivity index (χ2v) is 8.99. The molecule has 1 amide bonds. The SMILES string of the molecule is C[C@H](Oc1ccc2ccccc2c1Br)C(=O)N[C@@H]1CCS(=O)(=O)C1. The maximum atomic E-state index is 12.2. The van der Waals surface area contributed by atoms with Crippen LogP contribution in [0, 0.1) is 0 Å². The molecule has 2 aromatic rings. The van der Waals surface area contributed by atoms with Gasteiger partial charge in [0.2, 0.25) is 0 Å². The van der Waals surface area contributed by atoms with Crippen LogP contribution in [0.2, 0.25) is 0 Å². The van der Waals surface area contributed by atoms with E-state index >= 15 is 0 Å². The first-order valence-corrected chi connectivity index (χ1v) is 10.3. The van der Waals surface area contributed by atoms with Gasteiger partial charge in [-0.05, 0) is 46.1 Å². The van der Waals surface area contributed by atoms with Gasteiger partial charge in [-0.15, -0.1) is 0 Å². The average Bonchev–Trinajstić information content (AvgIpc) is 2.89. The molecular formula is C17H18BrNO4S. The van der Waals surface area contributed by atoms with Gasteiger partial charge in [-0.1, -0.05) is 30.3 Å². The number of carbonyl (C=O) groups excluding carboxylic acids is 1. The highest BCUT2D eigenvalue weighted by atomic mass is 79.9. The molecule has 1 aliphatic heterocycles. The Bertz CT molecular complexity index is 881. The van der Waals surface area contributed by atoms with Gasteiger partial charge in [0.05, 0.1) is 16.0 Å². The minimum Gasteiger partial charge on any atom is -0.480 e. The highest BCUT2D eigenvalue weighted by molar-refractivity contribution is 9.10. The molecule has 5 nitrogen and oxygen atoms in total. The first-order valence-electron chi connectivity index (χ1n) is 7.70. The molecule has 0 unspecified atom stereocenters. The molecular weight excluding hydrogens is 394 g/mol. The molecule has 3 rings (SSSR count). The minimum atomic E-state index is -3.02. The van der Waals surface area contributed by atoms with Gasteiger partial charge in [0.25, 0.3) is 5.91 Å². The minimum absolute atomic E-state index is 0.00509. The van der Waals surface area contributed by atoms with Crippen LogP contribution in [0.3, 0.4) is 0 Å². The molecule has 0 radical (unpaired) electrons. The van der Waals surface area contributed by atoms with E-state index in [1.165, 1.54) is 0 Å². The number of carbonyl (C=O) groups is 1. The molecule has 0 aliphatic carbocycles. The first kappa shape index (κ1) is 17.2. The Balaban J connectivity index is 1.69. The number of rotatable bonds is 4. The van der Waals surface area contributed by atoms with Crippen LogP contribution in [-0.2, 0) is 14.6 Å². The third kappa shape index (κ3) is 3.72. The molecule has 1 heterocycles. The Hall–Kier alpha value is -1.60. The molecule has 2 atom stereocenters. The summed E-state index contributed by atoms with van der Waals surface area (Å²) >= 11 is 3.53. The van der Waals surface area contributed by atoms with Gasteiger partial charge in [-0.25, -0.2) is 8.42 Å². The van der Waals surface area contributed by atoms with Crippen molar-refractivity contribution in [1.82, 2.24) is 5.32 Å². The standard InChI is InChI=1S/C17H18BrNO4S/c1-11(17(20)19-13-8-9-24(21,22)10-13)23-15-7-6-12-4-2-3-5-14(12)16(15)18/h2-7,11,13H,8-10H2,1H3,(H,19,20)/t11-,13+/m0/s1. The van der Waals surface area contributed by atoms with Gasteiger partial charge in [-0.2, -0.15) is 0 Å². The lowest BCUT2D eigenvalue weighted by Crippen LogP contribution is -2.43. The van der Waals surface area contributed by atoms with Crippen LogP contribution in [0.5, 0.6) is 5.75 Å². The molecule has 7 heteroatoms. The summed E-state index contributed by atoms with van der Waals surface area (Å²) in [6.07, 6.45) is -0.258. The second kappa shape index (κ2) is 6.72. The van der Waals surface area contributed by atoms with Gasteiger partial charge >= 0.3 is 0 Å². The smallest absolute Gasteiger partial charge is 0.261 e. The van der Waals surface area contributed by atoms with Crippen molar-refractivity contribution >= 4 is 42.4 Å². The molecule has 128 valence electrons. The van der Waals surface area contributed by atoms with Gasteiger partial charge in [0.15, 0.2) is 15.9 Å². The van der Waals surface area contributed by atoms with Crippen LogP contribution >= 0.6 is 15.9 Å². The lowest BCUT2D eigenvalue weighted by Gasteiger charge is -2.18. The van der Waals surface area contributed by atoms with Crippen molar-refractivity contribution in [3.63, 3.8) is 0 Å². The van der Waals surface area contributed by atoms with Crippen molar-refractivity contribution in [3.8, 4) is 5.75 Å². The zero-order chi connectivity index (χ0) is 17.3. The van der Waals surface area contributed by atoms with Crippen molar-refractivity contribution in [2.45, 2.75) is 25.5 Å². The summed E-state index contributed by atoms with van der Waals surface area (Å²) in [4.78, 5) is 12.2. The summed E-state index contributed by atoms with van der Waals surface area (Å²) in [7, 11) is -3.02. The number of hydrogen-bond donors (Lipinski definition) is 1. The Kier molecular flexibility index (Phi) is 4.83. The quantitative estimate of drug-likeness (QED) is 0.838. The monoisotopic (exact) mass is 411 g/mol. The lowest BCUT2D eigenvalue weighted by atomic mass is 10.1. The van der Waals surface area contributed by atoms with Gasteiger partial charge in [-0.3, -0.25) is 4.79 Å². The van der Waals surface area contributed by atoms with Gasteiger partial charge < -0.3 is 10.1 Å². The number of hydrogen-bond acceptors (Lipinski definition) is 4. The number of benzene rings is 2. The zero-order valence-corrected chi connectivity index (χ0v) is 15.6. The van der Waals surface area contributed by atoms with E-state index in [4.69, 9.17) is 4.74 Å². The summed E-state index contributed by atoms with van der Waals surface area (Å²) < 4.78 is 29.5. The zero-order valence-electron chi connectivity index (χ0n) is 13.2. The Labute approximate surface area is 149 Å². The molecule has 1 fully saturated rings. The largest absolute Gasteiger partial charge is 0.480 e. The van der Waals surface area contributed by atoms with Crippen molar-refractivity contribution in [3.05, 3.63) is 40.9 Å². The van der Waals surface area contributed by atoms with E-state index in [1.54, 1.807) is 6.92 Å². The third-order valence-electron chi connectivity index (χ3n) is 4.08. The van der Waals surface area contributed by atoms with Gasteiger partial charge in [0.1, 0.15) is 5.75 Å². The van der Waals surface area contributed by atoms with Crippen LogP contribution in [0.1, 0.15) is 13.3 Å². The molecule has 0 bridgehead atoms. The summed E-state index contributed by atoms with van der Waals surface area (Å²) in [5.41, 5.74) is 0. The van der Waals surface area contributed by atoms with E-state index in [0.717, 1.165) is 15.2 Å². The second-order valence-electron chi connectivity index (χ2n) is 5.97. The number of ether oxygens (including phenoxy) is 1. The van der Waals surface area contributed by atoms with Crippen LogP contribution in [0.15, 0.2) is 40.9 Å². The summed E-state index contributed by atoms with van der Waals surface area (Å²) in [6, 6.07) is 11.3.